The van der Waals surface area contributed by atoms with Gasteiger partial charge in [0, 0.05) is 18.7 Å². The monoisotopic (exact) mass is 373 g/mol. The van der Waals surface area contributed by atoms with Crippen LogP contribution in [-0.2, 0) is 14.8 Å². The SMILES string of the molecule is Cc1noc(C)c1S(=O)(=O)NCCC(=O)Nc1ccc2ccccc2c1. The normalized spacial score (nSPS) is 11.6. The number of hydrogen-bond donors (Lipinski definition) is 2. The second-order valence-electron chi connectivity index (χ2n) is 5.91. The molecule has 0 saturated heterocycles. The molecule has 0 aliphatic heterocycles. The first-order chi connectivity index (χ1) is 12.4. The Hall–Kier alpha value is -2.71. The third-order valence-corrected chi connectivity index (χ3v) is 5.62. The van der Waals surface area contributed by atoms with E-state index in [2.05, 4.69) is 15.2 Å². The summed E-state index contributed by atoms with van der Waals surface area (Å²) < 4.78 is 31.8. The number of aromatic nitrogens is 1. The van der Waals surface area contributed by atoms with Gasteiger partial charge in [-0.25, -0.2) is 13.1 Å². The molecule has 0 unspecified atom stereocenters. The third-order valence-electron chi connectivity index (χ3n) is 3.91. The van der Waals surface area contributed by atoms with Gasteiger partial charge in [0.2, 0.25) is 15.9 Å². The molecule has 8 heteroatoms. The Morgan fingerprint density at radius 2 is 1.85 bits per heavy atom. The van der Waals surface area contributed by atoms with Crippen LogP contribution >= 0.6 is 0 Å². The van der Waals surface area contributed by atoms with Crippen molar-refractivity contribution < 1.29 is 17.7 Å². The first-order valence-electron chi connectivity index (χ1n) is 8.08. The molecule has 0 fully saturated rings. The molecule has 3 rings (SSSR count). The van der Waals surface area contributed by atoms with E-state index in [1.165, 1.54) is 6.92 Å². The molecule has 0 radical (unpaired) electrons. The molecule has 0 spiro atoms. The zero-order valence-corrected chi connectivity index (χ0v) is 15.3. The maximum atomic E-state index is 12.3. The Kier molecular flexibility index (Phi) is 5.06. The minimum Gasteiger partial charge on any atom is -0.360 e. The number of aryl methyl sites for hydroxylation is 2. The highest BCUT2D eigenvalue weighted by Gasteiger charge is 2.23. The molecule has 136 valence electrons. The zero-order chi connectivity index (χ0) is 18.7. The highest BCUT2D eigenvalue weighted by molar-refractivity contribution is 7.89. The molecule has 1 heterocycles. The molecular formula is C18H19N3O4S. The van der Waals surface area contributed by atoms with Crippen LogP contribution < -0.4 is 10.0 Å². The molecule has 0 atom stereocenters. The summed E-state index contributed by atoms with van der Waals surface area (Å²) in [4.78, 5) is 12.1. The van der Waals surface area contributed by atoms with Gasteiger partial charge in [-0.1, -0.05) is 35.5 Å². The van der Waals surface area contributed by atoms with Gasteiger partial charge in [0.25, 0.3) is 0 Å². The number of amides is 1. The topological polar surface area (TPSA) is 101 Å². The van der Waals surface area contributed by atoms with Gasteiger partial charge in [-0.3, -0.25) is 4.79 Å². The smallest absolute Gasteiger partial charge is 0.245 e. The predicted octanol–water partition coefficient (Wildman–Crippen LogP) is 2.75. The maximum Gasteiger partial charge on any atom is 0.245 e. The fourth-order valence-corrected chi connectivity index (χ4v) is 4.08. The van der Waals surface area contributed by atoms with Crippen LogP contribution in [-0.4, -0.2) is 26.0 Å². The number of hydrogen-bond acceptors (Lipinski definition) is 5. The summed E-state index contributed by atoms with van der Waals surface area (Å²) in [6, 6.07) is 13.4. The number of sulfonamides is 1. The van der Waals surface area contributed by atoms with Gasteiger partial charge >= 0.3 is 0 Å². The van der Waals surface area contributed by atoms with Crippen LogP contribution in [0.5, 0.6) is 0 Å². The van der Waals surface area contributed by atoms with E-state index in [-0.39, 0.29) is 35.2 Å². The Morgan fingerprint density at radius 1 is 1.12 bits per heavy atom. The first-order valence-corrected chi connectivity index (χ1v) is 9.56. The molecule has 0 aliphatic carbocycles. The van der Waals surface area contributed by atoms with Crippen LogP contribution in [0.25, 0.3) is 10.8 Å². The number of nitrogens with zero attached hydrogens (tertiary/aromatic N) is 1. The molecule has 3 aromatic rings. The van der Waals surface area contributed by atoms with Gasteiger partial charge in [-0.2, -0.15) is 0 Å². The van der Waals surface area contributed by atoms with Gasteiger partial charge in [0.1, 0.15) is 10.6 Å². The van der Waals surface area contributed by atoms with Crippen molar-refractivity contribution in [1.29, 1.82) is 0 Å². The lowest BCUT2D eigenvalue weighted by molar-refractivity contribution is -0.116. The van der Waals surface area contributed by atoms with Crippen molar-refractivity contribution in [2.24, 2.45) is 0 Å². The molecule has 2 aromatic carbocycles. The van der Waals surface area contributed by atoms with Crippen LogP contribution in [0.4, 0.5) is 5.69 Å². The largest absolute Gasteiger partial charge is 0.360 e. The van der Waals surface area contributed by atoms with Gasteiger partial charge in [0.15, 0.2) is 5.76 Å². The second kappa shape index (κ2) is 7.27. The molecule has 7 nitrogen and oxygen atoms in total. The number of fused-ring (bicyclic) bond motifs is 1. The van der Waals surface area contributed by atoms with E-state index in [1.807, 2.05) is 42.5 Å². The molecule has 26 heavy (non-hydrogen) atoms. The number of nitrogens with one attached hydrogen (secondary N) is 2. The minimum atomic E-state index is -3.76. The maximum absolute atomic E-state index is 12.3. The van der Waals surface area contributed by atoms with E-state index in [1.54, 1.807) is 6.92 Å². The lowest BCUT2D eigenvalue weighted by atomic mass is 10.1. The van der Waals surface area contributed by atoms with Gasteiger partial charge < -0.3 is 9.84 Å². The predicted molar refractivity (Wildman–Crippen MR) is 98.4 cm³/mol. The van der Waals surface area contributed by atoms with Gasteiger partial charge in [0.05, 0.1) is 0 Å². The first kappa shape index (κ1) is 18.1. The quantitative estimate of drug-likeness (QED) is 0.692. The highest BCUT2D eigenvalue weighted by atomic mass is 32.2. The average molecular weight is 373 g/mol. The third kappa shape index (κ3) is 3.92. The Labute approximate surface area is 151 Å². The summed E-state index contributed by atoms with van der Waals surface area (Å²) >= 11 is 0. The van der Waals surface area contributed by atoms with Gasteiger partial charge in [-0.05, 0) is 36.8 Å². The van der Waals surface area contributed by atoms with Crippen molar-refractivity contribution in [2.75, 3.05) is 11.9 Å². The fourth-order valence-electron chi connectivity index (χ4n) is 2.72. The second-order valence-corrected chi connectivity index (χ2v) is 7.61. The van der Waals surface area contributed by atoms with Crippen LogP contribution in [0.2, 0.25) is 0 Å². The highest BCUT2D eigenvalue weighted by Crippen LogP contribution is 2.20. The van der Waals surface area contributed by atoms with Crippen LogP contribution in [0.15, 0.2) is 51.9 Å². The molecule has 1 amide bonds. The summed E-state index contributed by atoms with van der Waals surface area (Å²) in [5.41, 5.74) is 0.956. The van der Waals surface area contributed by atoms with Gasteiger partial charge in [-0.15, -0.1) is 0 Å². The number of benzene rings is 2. The van der Waals surface area contributed by atoms with Crippen molar-refractivity contribution >= 4 is 32.4 Å². The van der Waals surface area contributed by atoms with Crippen molar-refractivity contribution in [2.45, 2.75) is 25.2 Å². The van der Waals surface area contributed by atoms with E-state index in [9.17, 15) is 13.2 Å². The molecule has 0 saturated carbocycles. The summed E-state index contributed by atoms with van der Waals surface area (Å²) in [5, 5.41) is 8.51. The molecule has 2 N–H and O–H groups in total. The van der Waals surface area contributed by atoms with E-state index in [4.69, 9.17) is 4.52 Å². The van der Waals surface area contributed by atoms with E-state index >= 15 is 0 Å². The van der Waals surface area contributed by atoms with Crippen molar-refractivity contribution in [1.82, 2.24) is 9.88 Å². The Balaban J connectivity index is 1.58. The number of anilines is 1. The summed E-state index contributed by atoms with van der Waals surface area (Å²) in [6.45, 7) is 3.06. The Bertz CT molecular complexity index is 1040. The van der Waals surface area contributed by atoms with Crippen LogP contribution in [0, 0.1) is 13.8 Å². The number of carbonyl (C=O) groups excluding carboxylic acids is 1. The van der Waals surface area contributed by atoms with Crippen LogP contribution in [0.1, 0.15) is 17.9 Å². The van der Waals surface area contributed by atoms with E-state index in [0.717, 1.165) is 10.8 Å². The van der Waals surface area contributed by atoms with Crippen molar-refractivity contribution in [3.63, 3.8) is 0 Å². The molecular weight excluding hydrogens is 354 g/mol. The molecule has 0 aliphatic rings. The summed E-state index contributed by atoms with van der Waals surface area (Å²) in [6.07, 6.45) is 0.00936. The fraction of sp³-hybridized carbons (Fsp3) is 0.222. The average Bonchev–Trinajstić information content (AvgIpc) is 2.94. The number of carbonyl (C=O) groups is 1. The zero-order valence-electron chi connectivity index (χ0n) is 14.4. The molecule has 1 aromatic heterocycles. The van der Waals surface area contributed by atoms with E-state index in [0.29, 0.717) is 5.69 Å². The van der Waals surface area contributed by atoms with E-state index < -0.39 is 10.0 Å². The lowest BCUT2D eigenvalue weighted by Crippen LogP contribution is -2.28. The standard InChI is InChI=1S/C18H19N3O4S/c1-12-18(13(2)25-21-12)26(23,24)19-10-9-17(22)20-16-8-7-14-5-3-4-6-15(14)11-16/h3-8,11,19H,9-10H2,1-2H3,(H,20,22). The molecule has 0 bridgehead atoms. The Morgan fingerprint density at radius 3 is 2.54 bits per heavy atom. The number of rotatable bonds is 6. The lowest BCUT2D eigenvalue weighted by Gasteiger charge is -2.08. The van der Waals surface area contributed by atoms with Crippen molar-refractivity contribution in [3.05, 3.63) is 53.9 Å². The summed E-state index contributed by atoms with van der Waals surface area (Å²) in [7, 11) is -3.76. The summed E-state index contributed by atoms with van der Waals surface area (Å²) in [5.74, 6) is -0.0580. The minimum absolute atomic E-state index is 0.00936. The van der Waals surface area contributed by atoms with Crippen molar-refractivity contribution in [3.8, 4) is 0 Å². The van der Waals surface area contributed by atoms with Crippen LogP contribution in [0.3, 0.4) is 0 Å².